The van der Waals surface area contributed by atoms with Gasteiger partial charge in [-0.05, 0) is 39.5 Å². The molecule has 24 heavy (non-hydrogen) atoms. The highest BCUT2D eigenvalue weighted by atomic mass is 32.2. The zero-order valence-corrected chi connectivity index (χ0v) is 16.1. The first-order chi connectivity index (χ1) is 10.8. The van der Waals surface area contributed by atoms with E-state index in [0.29, 0.717) is 12.8 Å². The van der Waals surface area contributed by atoms with Crippen molar-refractivity contribution in [3.63, 3.8) is 0 Å². The third-order valence-electron chi connectivity index (χ3n) is 3.65. The van der Waals surface area contributed by atoms with Crippen LogP contribution in [0, 0.1) is 11.8 Å². The lowest BCUT2D eigenvalue weighted by atomic mass is 9.88. The smallest absolute Gasteiger partial charge is 0.405 e. The summed E-state index contributed by atoms with van der Waals surface area (Å²) in [6.45, 7) is 10.2. The monoisotopic (exact) mass is 373 g/mol. The van der Waals surface area contributed by atoms with E-state index in [4.69, 9.17) is 4.74 Å². The van der Waals surface area contributed by atoms with Gasteiger partial charge in [-0.2, -0.15) is 13.2 Å². The summed E-state index contributed by atoms with van der Waals surface area (Å²) in [6, 6.07) is -2.20. The van der Waals surface area contributed by atoms with E-state index in [1.807, 2.05) is 6.92 Å². The number of ether oxygens (including phenoxy) is 1. The molecule has 0 rings (SSSR count). The topological polar surface area (TPSA) is 55.4 Å². The fourth-order valence-electron chi connectivity index (χ4n) is 1.95. The van der Waals surface area contributed by atoms with Crippen molar-refractivity contribution in [2.75, 3.05) is 6.61 Å². The molecule has 1 N–H and O–H groups in total. The molecule has 0 aromatic carbocycles. The van der Waals surface area contributed by atoms with Gasteiger partial charge >= 0.3 is 12.1 Å². The number of hydrogen-bond acceptors (Lipinski definition) is 3. The lowest BCUT2D eigenvalue weighted by molar-refractivity contribution is -0.180. The number of rotatable bonds is 9. The average molecular weight is 373 g/mol. The van der Waals surface area contributed by atoms with Gasteiger partial charge in [0.15, 0.2) is 0 Å². The molecular weight excluding hydrogens is 343 g/mol. The molecule has 0 saturated carbocycles. The molecule has 4 nitrogen and oxygen atoms in total. The van der Waals surface area contributed by atoms with Crippen LogP contribution in [0.5, 0.6) is 0 Å². The molecule has 144 valence electrons. The maximum absolute atomic E-state index is 13.6. The first-order valence-corrected chi connectivity index (χ1v) is 9.40. The Balaban J connectivity index is 5.55. The van der Waals surface area contributed by atoms with Crippen LogP contribution in [0.15, 0.2) is 0 Å². The Bertz CT molecular complexity index is 422. The molecule has 0 aliphatic heterocycles. The molecular formula is C16H30F3NO3S. The minimum absolute atomic E-state index is 0.0254. The van der Waals surface area contributed by atoms with E-state index >= 15 is 0 Å². The van der Waals surface area contributed by atoms with Crippen LogP contribution in [0.2, 0.25) is 0 Å². The van der Waals surface area contributed by atoms with Crippen molar-refractivity contribution >= 4 is 17.0 Å². The number of halogens is 3. The Kier molecular flexibility index (Phi) is 9.49. The zero-order valence-electron chi connectivity index (χ0n) is 15.3. The minimum atomic E-state index is -4.70. The van der Waals surface area contributed by atoms with Gasteiger partial charge in [-0.3, -0.25) is 4.79 Å². The summed E-state index contributed by atoms with van der Waals surface area (Å²) < 4.78 is 59.0. The van der Waals surface area contributed by atoms with Gasteiger partial charge in [0.1, 0.15) is 6.04 Å². The van der Waals surface area contributed by atoms with Gasteiger partial charge in [0.25, 0.3) is 0 Å². The second-order valence-electron chi connectivity index (χ2n) is 7.04. The van der Waals surface area contributed by atoms with Crippen molar-refractivity contribution in [3.05, 3.63) is 0 Å². The molecule has 0 saturated heterocycles. The zero-order chi connectivity index (χ0) is 19.1. The number of carbonyl (C=O) groups excluding carboxylic acids is 1. The number of esters is 1. The summed E-state index contributed by atoms with van der Waals surface area (Å²) in [7, 11) is -1.95. The van der Waals surface area contributed by atoms with E-state index < -0.39 is 39.8 Å². The Morgan fingerprint density at radius 2 is 1.75 bits per heavy atom. The Morgan fingerprint density at radius 3 is 2.12 bits per heavy atom. The van der Waals surface area contributed by atoms with E-state index in [1.54, 1.807) is 34.6 Å². The predicted molar refractivity (Wildman–Crippen MR) is 89.7 cm³/mol. The molecule has 0 aliphatic rings. The highest BCUT2D eigenvalue weighted by Gasteiger charge is 2.49. The second kappa shape index (κ2) is 9.75. The largest absolute Gasteiger partial charge is 0.465 e. The number of alkyl halides is 3. The van der Waals surface area contributed by atoms with Crippen LogP contribution in [-0.2, 0) is 20.5 Å². The summed E-state index contributed by atoms with van der Waals surface area (Å²) in [4.78, 5) is 12.2. The summed E-state index contributed by atoms with van der Waals surface area (Å²) in [5.41, 5.74) is 0. The van der Waals surface area contributed by atoms with Crippen molar-refractivity contribution in [1.29, 1.82) is 0 Å². The van der Waals surface area contributed by atoms with E-state index in [0.717, 1.165) is 0 Å². The summed E-state index contributed by atoms with van der Waals surface area (Å²) >= 11 is 0. The van der Waals surface area contributed by atoms with E-state index in [1.165, 1.54) is 0 Å². The molecule has 0 bridgehead atoms. The average Bonchev–Trinajstić information content (AvgIpc) is 2.45. The van der Waals surface area contributed by atoms with Gasteiger partial charge in [-0.25, -0.2) is 8.93 Å². The van der Waals surface area contributed by atoms with Crippen LogP contribution in [0.25, 0.3) is 0 Å². The SMILES string of the molecule is CCCOC(=O)[C@@H](CC(C)CC)[C@H](N[S@@](=O)C(C)(C)C)C(F)(F)F. The van der Waals surface area contributed by atoms with Gasteiger partial charge in [0, 0.05) is 0 Å². The lowest BCUT2D eigenvalue weighted by Gasteiger charge is -2.31. The van der Waals surface area contributed by atoms with Crippen LogP contribution in [-0.4, -0.2) is 33.8 Å². The molecule has 0 fully saturated rings. The highest BCUT2D eigenvalue weighted by molar-refractivity contribution is 7.84. The van der Waals surface area contributed by atoms with Crippen LogP contribution < -0.4 is 4.72 Å². The molecule has 0 aromatic rings. The molecule has 4 atom stereocenters. The van der Waals surface area contributed by atoms with Crippen molar-refractivity contribution in [2.45, 2.75) is 77.8 Å². The summed E-state index contributed by atoms with van der Waals surface area (Å²) in [6.07, 6.45) is -3.51. The third kappa shape index (κ3) is 7.96. The highest BCUT2D eigenvalue weighted by Crippen LogP contribution is 2.32. The molecule has 0 radical (unpaired) electrons. The Labute approximate surface area is 145 Å². The van der Waals surface area contributed by atoms with Crippen LogP contribution in [0.1, 0.15) is 60.8 Å². The molecule has 0 aromatic heterocycles. The van der Waals surface area contributed by atoms with Crippen LogP contribution in [0.4, 0.5) is 13.2 Å². The molecule has 0 heterocycles. The molecule has 1 unspecified atom stereocenters. The van der Waals surface area contributed by atoms with Gasteiger partial charge in [-0.15, -0.1) is 0 Å². The number of hydrogen-bond donors (Lipinski definition) is 1. The maximum atomic E-state index is 13.6. The van der Waals surface area contributed by atoms with Gasteiger partial charge < -0.3 is 4.74 Å². The van der Waals surface area contributed by atoms with E-state index in [2.05, 4.69) is 4.72 Å². The molecule has 0 amide bonds. The van der Waals surface area contributed by atoms with Crippen molar-refractivity contribution in [2.24, 2.45) is 11.8 Å². The van der Waals surface area contributed by atoms with Crippen molar-refractivity contribution in [1.82, 2.24) is 4.72 Å². The first kappa shape index (κ1) is 23.4. The van der Waals surface area contributed by atoms with Crippen molar-refractivity contribution < 1.29 is 26.9 Å². The van der Waals surface area contributed by atoms with E-state index in [9.17, 15) is 22.2 Å². The predicted octanol–water partition coefficient (Wildman–Crippen LogP) is 3.97. The summed E-state index contributed by atoms with van der Waals surface area (Å²) in [5, 5.41) is 0. The van der Waals surface area contributed by atoms with Crippen LogP contribution in [0.3, 0.4) is 0 Å². The number of nitrogens with one attached hydrogen (secondary N) is 1. The normalized spacial score (nSPS) is 17.9. The standard InChI is InChI=1S/C16H30F3NO3S/c1-7-9-23-14(21)12(10-11(3)8-2)13(16(17,18)19)20-24(22)15(4,5)6/h11-13,20H,7-10H2,1-6H3/t11?,12-,13-,24-/m0/s1. The van der Waals surface area contributed by atoms with Gasteiger partial charge in [-0.1, -0.05) is 27.2 Å². The van der Waals surface area contributed by atoms with Crippen LogP contribution >= 0.6 is 0 Å². The number of carbonyl (C=O) groups is 1. The Morgan fingerprint density at radius 1 is 1.21 bits per heavy atom. The second-order valence-corrected chi connectivity index (χ2v) is 9.04. The summed E-state index contributed by atoms with van der Waals surface area (Å²) in [5.74, 6) is -2.39. The maximum Gasteiger partial charge on any atom is 0.405 e. The molecule has 0 spiro atoms. The molecule has 8 heteroatoms. The lowest BCUT2D eigenvalue weighted by Crippen LogP contribution is -2.54. The first-order valence-electron chi connectivity index (χ1n) is 8.25. The van der Waals surface area contributed by atoms with E-state index in [-0.39, 0.29) is 18.9 Å². The van der Waals surface area contributed by atoms with Crippen molar-refractivity contribution in [3.8, 4) is 0 Å². The fraction of sp³-hybridized carbons (Fsp3) is 0.938. The van der Waals surface area contributed by atoms with Gasteiger partial charge in [0.05, 0.1) is 28.3 Å². The fourth-order valence-corrected chi connectivity index (χ4v) is 2.83. The third-order valence-corrected chi connectivity index (χ3v) is 5.23. The Hall–Kier alpha value is -0.630. The van der Waals surface area contributed by atoms with Gasteiger partial charge in [0.2, 0.25) is 0 Å². The molecule has 0 aliphatic carbocycles. The quantitative estimate of drug-likeness (QED) is 0.622. The minimum Gasteiger partial charge on any atom is -0.465 e.